The van der Waals surface area contributed by atoms with E-state index >= 15 is 0 Å². The highest BCUT2D eigenvalue weighted by molar-refractivity contribution is 6.36. The van der Waals surface area contributed by atoms with Gasteiger partial charge in [0.25, 0.3) is 5.56 Å². The van der Waals surface area contributed by atoms with Gasteiger partial charge in [-0.15, -0.1) is 0 Å². The monoisotopic (exact) mass is 543 g/mol. The maximum absolute atomic E-state index is 13.5. The van der Waals surface area contributed by atoms with Gasteiger partial charge in [-0.3, -0.25) is 4.79 Å². The number of rotatable bonds is 6. The Morgan fingerprint density at radius 1 is 0.947 bits per heavy atom. The molecule has 0 unspecified atom stereocenters. The number of esters is 1. The van der Waals surface area contributed by atoms with Crippen molar-refractivity contribution in [2.45, 2.75) is 0 Å². The van der Waals surface area contributed by atoms with Gasteiger partial charge in [0.2, 0.25) is 0 Å². The van der Waals surface area contributed by atoms with Crippen LogP contribution in [-0.4, -0.2) is 29.0 Å². The fourth-order valence-electron chi connectivity index (χ4n) is 3.76. The van der Waals surface area contributed by atoms with Gasteiger partial charge in [-0.1, -0.05) is 47.5 Å². The molecule has 0 aliphatic rings. The zero-order valence-electron chi connectivity index (χ0n) is 20.0. The van der Waals surface area contributed by atoms with E-state index in [1.807, 2.05) is 0 Å². The highest BCUT2D eigenvalue weighted by atomic mass is 35.5. The molecule has 0 saturated carbocycles. The zero-order valence-corrected chi connectivity index (χ0v) is 21.5. The largest absolute Gasteiger partial charge is 0.497 e. The van der Waals surface area contributed by atoms with Gasteiger partial charge in [0.05, 0.1) is 34.8 Å². The predicted octanol–water partition coefficient (Wildman–Crippen LogP) is 6.48. The molecular formula is C29H19Cl2N3O4. The number of carbonyl (C=O) groups excluding carboxylic acids is 1. The van der Waals surface area contributed by atoms with Gasteiger partial charge in [0.15, 0.2) is 5.82 Å². The van der Waals surface area contributed by atoms with E-state index in [0.717, 1.165) is 0 Å². The maximum Gasteiger partial charge on any atom is 0.343 e. The van der Waals surface area contributed by atoms with Crippen molar-refractivity contribution in [3.63, 3.8) is 0 Å². The summed E-state index contributed by atoms with van der Waals surface area (Å²) in [5.74, 6) is 0.580. The first-order chi connectivity index (χ1) is 18.4. The molecule has 0 amide bonds. The molecule has 5 aromatic rings. The number of carbonyl (C=O) groups is 1. The average Bonchev–Trinajstić information content (AvgIpc) is 2.93. The van der Waals surface area contributed by atoms with Gasteiger partial charge in [-0.25, -0.2) is 9.78 Å². The lowest BCUT2D eigenvalue weighted by molar-refractivity contribution is 0.0734. The van der Waals surface area contributed by atoms with Gasteiger partial charge in [-0.05, 0) is 66.7 Å². The third-order valence-corrected chi connectivity index (χ3v) is 6.23. The van der Waals surface area contributed by atoms with Crippen LogP contribution in [0.15, 0.2) is 101 Å². The second-order valence-electron chi connectivity index (χ2n) is 8.09. The Hall–Kier alpha value is -4.46. The molecule has 4 aromatic carbocycles. The summed E-state index contributed by atoms with van der Waals surface area (Å²) in [7, 11) is 1.55. The Balaban J connectivity index is 1.56. The van der Waals surface area contributed by atoms with Crippen LogP contribution >= 0.6 is 23.2 Å². The highest BCUT2D eigenvalue weighted by Gasteiger charge is 2.16. The van der Waals surface area contributed by atoms with E-state index in [9.17, 15) is 9.59 Å². The Morgan fingerprint density at radius 3 is 2.45 bits per heavy atom. The van der Waals surface area contributed by atoms with Crippen molar-refractivity contribution in [1.82, 2.24) is 9.66 Å². The number of fused-ring (bicyclic) bond motifs is 1. The average molecular weight is 544 g/mol. The molecule has 9 heteroatoms. The predicted molar refractivity (Wildman–Crippen MR) is 149 cm³/mol. The number of para-hydroxylation sites is 2. The van der Waals surface area contributed by atoms with Crippen LogP contribution in [-0.2, 0) is 0 Å². The van der Waals surface area contributed by atoms with Crippen molar-refractivity contribution in [3.05, 3.63) is 123 Å². The lowest BCUT2D eigenvalue weighted by Crippen LogP contribution is -2.20. The molecule has 0 aliphatic carbocycles. The van der Waals surface area contributed by atoms with Crippen molar-refractivity contribution in [2.75, 3.05) is 7.11 Å². The third kappa shape index (κ3) is 5.16. The van der Waals surface area contributed by atoms with E-state index in [0.29, 0.717) is 43.4 Å². The summed E-state index contributed by atoms with van der Waals surface area (Å²) >= 11 is 12.5. The Labute approximate surface area is 227 Å². The standard InChI is InChI=1S/C29H19Cl2N3O4/c1-37-21-13-10-18(11-14-21)29(36)38-26-9-5-2-6-19(26)17-32-34-27(22-15-12-20(30)16-24(22)31)33-25-8-4-3-7-23(25)28(34)35/h2-17H,1H3. The molecular weight excluding hydrogens is 525 g/mol. The molecule has 5 rings (SSSR count). The molecule has 38 heavy (non-hydrogen) atoms. The molecule has 7 nitrogen and oxygen atoms in total. The SMILES string of the molecule is COc1ccc(C(=O)Oc2ccccc2C=Nn2c(-c3ccc(Cl)cc3Cl)nc3ccccc3c2=O)cc1. The van der Waals surface area contributed by atoms with Crippen LogP contribution in [0.25, 0.3) is 22.3 Å². The number of hydrogen-bond donors (Lipinski definition) is 0. The van der Waals surface area contributed by atoms with Crippen molar-refractivity contribution in [2.24, 2.45) is 5.10 Å². The molecule has 1 heterocycles. The van der Waals surface area contributed by atoms with Crippen LogP contribution < -0.4 is 15.0 Å². The quantitative estimate of drug-likeness (QED) is 0.139. The molecule has 1 aromatic heterocycles. The Bertz CT molecular complexity index is 1750. The van der Waals surface area contributed by atoms with E-state index in [2.05, 4.69) is 10.1 Å². The molecule has 0 atom stereocenters. The summed E-state index contributed by atoms with van der Waals surface area (Å²) < 4.78 is 11.9. The van der Waals surface area contributed by atoms with Crippen LogP contribution in [0.3, 0.4) is 0 Å². The Kier molecular flexibility index (Phi) is 7.22. The van der Waals surface area contributed by atoms with Crippen LogP contribution in [0.1, 0.15) is 15.9 Å². The number of nitrogens with zero attached hydrogens (tertiary/aromatic N) is 3. The van der Waals surface area contributed by atoms with Crippen molar-refractivity contribution in [1.29, 1.82) is 0 Å². The number of methoxy groups -OCH3 is 1. The summed E-state index contributed by atoms with van der Waals surface area (Å²) in [5.41, 5.74) is 1.42. The Morgan fingerprint density at radius 2 is 1.68 bits per heavy atom. The van der Waals surface area contributed by atoms with E-state index in [1.165, 1.54) is 10.9 Å². The number of aromatic nitrogens is 2. The molecule has 0 fully saturated rings. The first kappa shape index (κ1) is 25.2. The van der Waals surface area contributed by atoms with E-state index in [4.69, 9.17) is 32.7 Å². The fraction of sp³-hybridized carbons (Fsp3) is 0.0345. The molecule has 0 bridgehead atoms. The smallest absolute Gasteiger partial charge is 0.343 e. The second-order valence-corrected chi connectivity index (χ2v) is 8.94. The number of halogens is 2. The van der Waals surface area contributed by atoms with E-state index in [-0.39, 0.29) is 17.1 Å². The lowest BCUT2D eigenvalue weighted by Gasteiger charge is -2.11. The molecule has 0 radical (unpaired) electrons. The van der Waals surface area contributed by atoms with Crippen molar-refractivity contribution in [3.8, 4) is 22.9 Å². The van der Waals surface area contributed by atoms with Crippen molar-refractivity contribution < 1.29 is 14.3 Å². The van der Waals surface area contributed by atoms with E-state index < -0.39 is 5.97 Å². The summed E-state index contributed by atoms with van der Waals surface area (Å²) in [6.45, 7) is 0. The van der Waals surface area contributed by atoms with Crippen LogP contribution in [0.4, 0.5) is 0 Å². The van der Waals surface area contributed by atoms with E-state index in [1.54, 1.807) is 98.1 Å². The van der Waals surface area contributed by atoms with Crippen LogP contribution in [0.2, 0.25) is 10.0 Å². The normalized spacial score (nSPS) is 11.1. The maximum atomic E-state index is 13.5. The van der Waals surface area contributed by atoms with Gasteiger partial charge >= 0.3 is 5.97 Å². The summed E-state index contributed by atoms with van der Waals surface area (Å²) in [4.78, 5) is 30.9. The number of hydrogen-bond acceptors (Lipinski definition) is 6. The molecule has 188 valence electrons. The minimum atomic E-state index is -0.549. The summed E-state index contributed by atoms with van der Waals surface area (Å²) in [6.07, 6.45) is 1.43. The first-order valence-corrected chi connectivity index (χ1v) is 12.2. The van der Waals surface area contributed by atoms with Gasteiger partial charge < -0.3 is 9.47 Å². The fourth-order valence-corrected chi connectivity index (χ4v) is 4.25. The molecule has 0 spiro atoms. The van der Waals surface area contributed by atoms with Crippen molar-refractivity contribution >= 4 is 46.3 Å². The molecule has 0 N–H and O–H groups in total. The minimum Gasteiger partial charge on any atom is -0.497 e. The molecule has 0 aliphatic heterocycles. The summed E-state index contributed by atoms with van der Waals surface area (Å²) in [5, 5.41) is 5.60. The highest BCUT2D eigenvalue weighted by Crippen LogP contribution is 2.29. The van der Waals surface area contributed by atoms with Gasteiger partial charge in [0.1, 0.15) is 11.5 Å². The summed E-state index contributed by atoms with van der Waals surface area (Å²) in [6, 6.07) is 25.3. The van der Waals surface area contributed by atoms with Crippen LogP contribution in [0.5, 0.6) is 11.5 Å². The lowest BCUT2D eigenvalue weighted by atomic mass is 10.2. The third-order valence-electron chi connectivity index (χ3n) is 5.69. The minimum absolute atomic E-state index is 0.235. The van der Waals surface area contributed by atoms with Gasteiger partial charge in [0, 0.05) is 16.1 Å². The zero-order chi connectivity index (χ0) is 26.6. The first-order valence-electron chi connectivity index (χ1n) is 11.4. The van der Waals surface area contributed by atoms with Gasteiger partial charge in [-0.2, -0.15) is 9.78 Å². The topological polar surface area (TPSA) is 82.8 Å². The van der Waals surface area contributed by atoms with Crippen LogP contribution in [0, 0.1) is 0 Å². The number of ether oxygens (including phenoxy) is 2. The number of benzene rings is 4. The molecule has 0 saturated heterocycles. The second kappa shape index (κ2) is 10.9.